The van der Waals surface area contributed by atoms with E-state index in [0.717, 1.165) is 0 Å². The molecule has 0 saturated carbocycles. The lowest BCUT2D eigenvalue weighted by Gasteiger charge is -2.18. The zero-order chi connectivity index (χ0) is 16.3. The molecule has 0 bridgehead atoms. The molecule has 0 aliphatic rings. The highest BCUT2D eigenvalue weighted by Gasteiger charge is 2.21. The van der Waals surface area contributed by atoms with Crippen LogP contribution < -0.4 is 5.46 Å². The van der Waals surface area contributed by atoms with E-state index in [0.29, 0.717) is 18.8 Å². The minimum Gasteiger partial charge on any atom is -0.423 e. The van der Waals surface area contributed by atoms with E-state index in [4.69, 9.17) is 10.0 Å². The maximum absolute atomic E-state index is 12.4. The molecule has 9 heteroatoms. The summed E-state index contributed by atoms with van der Waals surface area (Å²) in [5.41, 5.74) is 0.894. The Kier molecular flexibility index (Phi) is 5.02. The van der Waals surface area contributed by atoms with Gasteiger partial charge in [-0.3, -0.25) is 0 Å². The molecule has 0 aliphatic carbocycles. The van der Waals surface area contributed by atoms with Crippen LogP contribution >= 0.6 is 0 Å². The van der Waals surface area contributed by atoms with Crippen LogP contribution in [-0.4, -0.2) is 52.8 Å². The fraction of sp³-hybridized carbons (Fsp3) is 0.308. The van der Waals surface area contributed by atoms with Gasteiger partial charge >= 0.3 is 7.12 Å². The minimum atomic E-state index is -3.48. The molecule has 2 N–H and O–H groups in total. The number of sulfonamides is 1. The van der Waals surface area contributed by atoms with Gasteiger partial charge in [0, 0.05) is 30.9 Å². The van der Waals surface area contributed by atoms with Crippen molar-refractivity contribution in [3.05, 3.63) is 36.7 Å². The molecule has 118 valence electrons. The summed E-state index contributed by atoms with van der Waals surface area (Å²) >= 11 is 0. The van der Waals surface area contributed by atoms with E-state index in [1.807, 2.05) is 0 Å². The molecule has 0 spiro atoms. The third-order valence-corrected chi connectivity index (χ3v) is 5.41. The van der Waals surface area contributed by atoms with Gasteiger partial charge in [-0.1, -0.05) is 13.8 Å². The Hall–Kier alpha value is -1.68. The van der Waals surface area contributed by atoms with E-state index < -0.39 is 17.1 Å². The molecular formula is C13H18BN3O4S. The van der Waals surface area contributed by atoms with Crippen LogP contribution in [0.25, 0.3) is 5.69 Å². The third-order valence-electron chi connectivity index (χ3n) is 3.35. The van der Waals surface area contributed by atoms with Gasteiger partial charge in [-0.05, 0) is 24.3 Å². The van der Waals surface area contributed by atoms with Crippen molar-refractivity contribution in [3.63, 3.8) is 0 Å². The molecule has 0 amide bonds. The Labute approximate surface area is 130 Å². The van der Waals surface area contributed by atoms with Crippen molar-refractivity contribution in [2.75, 3.05) is 13.1 Å². The van der Waals surface area contributed by atoms with E-state index in [1.165, 1.54) is 33.5 Å². The van der Waals surface area contributed by atoms with Crippen molar-refractivity contribution in [2.45, 2.75) is 18.7 Å². The van der Waals surface area contributed by atoms with Gasteiger partial charge in [0.25, 0.3) is 0 Å². The molecule has 22 heavy (non-hydrogen) atoms. The topological polar surface area (TPSA) is 95.7 Å². The number of benzene rings is 1. The van der Waals surface area contributed by atoms with Crippen LogP contribution in [0.2, 0.25) is 0 Å². The van der Waals surface area contributed by atoms with Gasteiger partial charge in [-0.2, -0.15) is 9.40 Å². The number of rotatable bonds is 6. The summed E-state index contributed by atoms with van der Waals surface area (Å²) in [5.74, 6) is 0. The van der Waals surface area contributed by atoms with Crippen LogP contribution in [0, 0.1) is 0 Å². The summed E-state index contributed by atoms with van der Waals surface area (Å²) in [6.07, 6.45) is 2.81. The van der Waals surface area contributed by atoms with Gasteiger partial charge < -0.3 is 10.0 Å². The van der Waals surface area contributed by atoms with Crippen LogP contribution in [0.3, 0.4) is 0 Å². The summed E-state index contributed by atoms with van der Waals surface area (Å²) in [4.78, 5) is 0.217. The lowest BCUT2D eigenvalue weighted by molar-refractivity contribution is 0.425. The van der Waals surface area contributed by atoms with Crippen LogP contribution in [0.15, 0.2) is 41.6 Å². The number of nitrogens with zero attached hydrogens (tertiary/aromatic N) is 3. The van der Waals surface area contributed by atoms with Gasteiger partial charge in [0.15, 0.2) is 0 Å². The van der Waals surface area contributed by atoms with Crippen LogP contribution in [0.5, 0.6) is 0 Å². The van der Waals surface area contributed by atoms with Crippen molar-refractivity contribution in [1.82, 2.24) is 14.1 Å². The van der Waals surface area contributed by atoms with E-state index >= 15 is 0 Å². The predicted octanol–water partition coefficient (Wildman–Crippen LogP) is -0.417. The Morgan fingerprint density at radius 2 is 1.77 bits per heavy atom. The quantitative estimate of drug-likeness (QED) is 0.704. The highest BCUT2D eigenvalue weighted by molar-refractivity contribution is 7.89. The molecule has 1 aromatic heterocycles. The molecule has 1 aromatic carbocycles. The summed E-state index contributed by atoms with van der Waals surface area (Å²) in [5, 5.41) is 22.1. The first-order chi connectivity index (χ1) is 10.4. The molecule has 2 aromatic rings. The van der Waals surface area contributed by atoms with Crippen molar-refractivity contribution < 1.29 is 18.5 Å². The molecule has 1 heterocycles. The largest absolute Gasteiger partial charge is 0.491 e. The smallest absolute Gasteiger partial charge is 0.423 e. The van der Waals surface area contributed by atoms with E-state index in [1.54, 1.807) is 26.0 Å². The van der Waals surface area contributed by atoms with Gasteiger partial charge in [-0.25, -0.2) is 13.1 Å². The number of hydrogen-bond donors (Lipinski definition) is 2. The standard InChI is InChI=1S/C13H18BN3O4S/c1-3-16(4-2)22(20,21)13-7-5-12(6-8-13)17-10-11(9-15-17)14(18)19/h5-10,18-19H,3-4H2,1-2H3. The first-order valence-electron chi connectivity index (χ1n) is 6.91. The fourth-order valence-corrected chi connectivity index (χ4v) is 3.55. The monoisotopic (exact) mass is 323 g/mol. The second-order valence-corrected chi connectivity index (χ2v) is 6.61. The van der Waals surface area contributed by atoms with Crippen LogP contribution in [-0.2, 0) is 10.0 Å². The Morgan fingerprint density at radius 3 is 2.23 bits per heavy atom. The van der Waals surface area contributed by atoms with E-state index in [2.05, 4.69) is 5.10 Å². The van der Waals surface area contributed by atoms with Gasteiger partial charge in [-0.15, -0.1) is 0 Å². The maximum atomic E-state index is 12.4. The summed E-state index contributed by atoms with van der Waals surface area (Å²) < 4.78 is 27.6. The minimum absolute atomic E-state index is 0.217. The number of hydrogen-bond acceptors (Lipinski definition) is 5. The summed E-state index contributed by atoms with van der Waals surface area (Å²) in [6, 6.07) is 6.27. The van der Waals surface area contributed by atoms with Crippen LogP contribution in [0.1, 0.15) is 13.8 Å². The summed E-state index contributed by atoms with van der Waals surface area (Å²) in [6.45, 7) is 4.41. The van der Waals surface area contributed by atoms with Crippen molar-refractivity contribution in [3.8, 4) is 5.69 Å². The zero-order valence-electron chi connectivity index (χ0n) is 12.4. The molecule has 0 aliphatic heterocycles. The molecule has 0 atom stereocenters. The normalized spacial score (nSPS) is 11.9. The molecule has 7 nitrogen and oxygen atoms in total. The lowest BCUT2D eigenvalue weighted by Crippen LogP contribution is -2.30. The number of aromatic nitrogens is 2. The zero-order valence-corrected chi connectivity index (χ0v) is 13.2. The van der Waals surface area contributed by atoms with Crippen LogP contribution in [0.4, 0.5) is 0 Å². The SMILES string of the molecule is CCN(CC)S(=O)(=O)c1ccc(-n2cc(B(O)O)cn2)cc1. The maximum Gasteiger partial charge on any atom is 0.491 e. The Balaban J connectivity index is 2.30. The van der Waals surface area contributed by atoms with Gasteiger partial charge in [0.1, 0.15) is 0 Å². The average molecular weight is 323 g/mol. The molecule has 0 fully saturated rings. The van der Waals surface area contributed by atoms with Crippen molar-refractivity contribution in [1.29, 1.82) is 0 Å². The van der Waals surface area contributed by atoms with Crippen molar-refractivity contribution in [2.24, 2.45) is 0 Å². The molecule has 0 saturated heterocycles. The fourth-order valence-electron chi connectivity index (χ4n) is 2.09. The first-order valence-corrected chi connectivity index (χ1v) is 8.35. The second kappa shape index (κ2) is 6.61. The molecular weight excluding hydrogens is 305 g/mol. The Morgan fingerprint density at radius 1 is 1.18 bits per heavy atom. The molecule has 0 unspecified atom stereocenters. The molecule has 0 radical (unpaired) electrons. The van der Waals surface area contributed by atoms with Gasteiger partial charge in [0.05, 0.1) is 10.6 Å². The highest BCUT2D eigenvalue weighted by Crippen LogP contribution is 2.17. The predicted molar refractivity (Wildman–Crippen MR) is 83.5 cm³/mol. The Bertz CT molecular complexity index is 724. The van der Waals surface area contributed by atoms with E-state index in [9.17, 15) is 8.42 Å². The van der Waals surface area contributed by atoms with E-state index in [-0.39, 0.29) is 10.4 Å². The first kappa shape index (κ1) is 16.7. The second-order valence-electron chi connectivity index (χ2n) is 4.68. The molecule has 2 rings (SSSR count). The van der Waals surface area contributed by atoms with Gasteiger partial charge in [0.2, 0.25) is 10.0 Å². The van der Waals surface area contributed by atoms with Crippen molar-refractivity contribution >= 4 is 22.6 Å². The lowest BCUT2D eigenvalue weighted by atomic mass is 9.83. The average Bonchev–Trinajstić information content (AvgIpc) is 2.98. The summed E-state index contributed by atoms with van der Waals surface area (Å²) in [7, 11) is -5.07. The highest BCUT2D eigenvalue weighted by atomic mass is 32.2. The third kappa shape index (κ3) is 3.22.